The fraction of sp³-hybridized carbons (Fsp3) is 0.100. The molecule has 4 aromatic rings. The van der Waals surface area contributed by atoms with E-state index in [0.717, 1.165) is 11.3 Å². The Bertz CT molecular complexity index is 1180. The van der Waals surface area contributed by atoms with Crippen molar-refractivity contribution in [3.8, 4) is 5.69 Å². The van der Waals surface area contributed by atoms with Gasteiger partial charge in [0.05, 0.1) is 24.8 Å². The topological polar surface area (TPSA) is 92.7 Å². The van der Waals surface area contributed by atoms with Gasteiger partial charge in [-0.3, -0.25) is 9.59 Å². The van der Waals surface area contributed by atoms with Gasteiger partial charge in [0.1, 0.15) is 11.2 Å². The lowest BCUT2D eigenvalue weighted by Gasteiger charge is -2.07. The summed E-state index contributed by atoms with van der Waals surface area (Å²) in [7, 11) is 0. The number of aromatic nitrogens is 4. The van der Waals surface area contributed by atoms with Crippen LogP contribution in [0, 0.1) is 0 Å². The van der Waals surface area contributed by atoms with Crippen LogP contribution in [0.15, 0.2) is 65.6 Å². The van der Waals surface area contributed by atoms with Crippen molar-refractivity contribution < 1.29 is 4.79 Å². The molecule has 0 saturated heterocycles. The van der Waals surface area contributed by atoms with Gasteiger partial charge < -0.3 is 10.3 Å². The second-order valence-corrected chi connectivity index (χ2v) is 6.66. The van der Waals surface area contributed by atoms with Gasteiger partial charge in [0.15, 0.2) is 5.65 Å². The molecule has 0 radical (unpaired) electrons. The number of carbonyl (C=O) groups is 1. The summed E-state index contributed by atoms with van der Waals surface area (Å²) >= 11 is 5.85. The highest BCUT2D eigenvalue weighted by Gasteiger charge is 2.12. The van der Waals surface area contributed by atoms with Gasteiger partial charge in [-0.25, -0.2) is 9.67 Å². The number of fused-ring (bicyclic) bond motifs is 1. The summed E-state index contributed by atoms with van der Waals surface area (Å²) in [6.07, 6.45) is 1.70. The van der Waals surface area contributed by atoms with Crippen molar-refractivity contribution >= 4 is 28.5 Å². The van der Waals surface area contributed by atoms with Crippen LogP contribution in [0.25, 0.3) is 16.7 Å². The molecule has 0 aliphatic carbocycles. The molecule has 2 heterocycles. The van der Waals surface area contributed by atoms with E-state index in [4.69, 9.17) is 11.6 Å². The number of amides is 1. The van der Waals surface area contributed by atoms with Gasteiger partial charge >= 0.3 is 0 Å². The number of nitrogens with one attached hydrogen (secondary N) is 2. The Balaban J connectivity index is 1.53. The molecular weight excluding hydrogens is 378 g/mol. The van der Waals surface area contributed by atoms with Crippen LogP contribution >= 0.6 is 11.6 Å². The predicted molar refractivity (Wildman–Crippen MR) is 106 cm³/mol. The van der Waals surface area contributed by atoms with E-state index in [1.54, 1.807) is 28.9 Å². The minimum absolute atomic E-state index is 0.109. The van der Waals surface area contributed by atoms with Crippen LogP contribution in [0.1, 0.15) is 11.4 Å². The lowest BCUT2D eigenvalue weighted by Crippen LogP contribution is -2.27. The smallest absolute Gasteiger partial charge is 0.262 e. The zero-order valence-corrected chi connectivity index (χ0v) is 15.5. The Morgan fingerprint density at radius 1 is 1.11 bits per heavy atom. The number of hydrogen-bond acceptors (Lipinski definition) is 4. The van der Waals surface area contributed by atoms with Gasteiger partial charge in [0.25, 0.3) is 5.56 Å². The molecule has 0 fully saturated rings. The van der Waals surface area contributed by atoms with Gasteiger partial charge in [-0.2, -0.15) is 5.10 Å². The maximum atomic E-state index is 12.3. The van der Waals surface area contributed by atoms with E-state index in [1.165, 1.54) is 6.20 Å². The maximum Gasteiger partial charge on any atom is 0.262 e. The standard InChI is InChI=1S/C20H16ClN5O2/c21-14-8-6-13(7-9-14)10-18(27)22-12-17-24-19-16(20(28)25-17)11-23-26(19)15-4-2-1-3-5-15/h1-9,11H,10,12H2,(H,22,27)(H,24,25,28). The van der Waals surface area contributed by atoms with Crippen LogP contribution in [0.4, 0.5) is 0 Å². The number of carbonyl (C=O) groups excluding carboxylic acids is 1. The molecule has 0 aliphatic rings. The molecule has 0 aliphatic heterocycles. The number of halogens is 1. The van der Waals surface area contributed by atoms with Crippen LogP contribution in [-0.4, -0.2) is 25.7 Å². The van der Waals surface area contributed by atoms with Crippen molar-refractivity contribution in [3.05, 3.63) is 87.6 Å². The van der Waals surface area contributed by atoms with E-state index in [-0.39, 0.29) is 24.4 Å². The number of nitrogens with zero attached hydrogens (tertiary/aromatic N) is 3. The van der Waals surface area contributed by atoms with E-state index >= 15 is 0 Å². The Morgan fingerprint density at radius 3 is 2.61 bits per heavy atom. The predicted octanol–water partition coefficient (Wildman–Crippen LogP) is 2.62. The molecule has 4 rings (SSSR count). The summed E-state index contributed by atoms with van der Waals surface area (Å²) in [6, 6.07) is 16.5. The first-order chi connectivity index (χ1) is 13.6. The van der Waals surface area contributed by atoms with Crippen LogP contribution < -0.4 is 10.9 Å². The molecule has 28 heavy (non-hydrogen) atoms. The number of hydrogen-bond donors (Lipinski definition) is 2. The van der Waals surface area contributed by atoms with E-state index < -0.39 is 0 Å². The summed E-state index contributed by atoms with van der Waals surface area (Å²) in [5.41, 5.74) is 1.79. The highest BCUT2D eigenvalue weighted by Crippen LogP contribution is 2.13. The Labute approximate surface area is 165 Å². The minimum Gasteiger partial charge on any atom is -0.349 e. The van der Waals surface area contributed by atoms with E-state index in [2.05, 4.69) is 20.4 Å². The molecule has 0 atom stereocenters. The minimum atomic E-state index is -0.297. The highest BCUT2D eigenvalue weighted by molar-refractivity contribution is 6.30. The quantitative estimate of drug-likeness (QED) is 0.545. The van der Waals surface area contributed by atoms with E-state index in [1.807, 2.05) is 30.3 Å². The third-order valence-electron chi connectivity index (χ3n) is 4.22. The number of rotatable bonds is 5. The lowest BCUT2D eigenvalue weighted by molar-refractivity contribution is -0.120. The molecule has 140 valence electrons. The fourth-order valence-corrected chi connectivity index (χ4v) is 2.96. The van der Waals surface area contributed by atoms with Gasteiger partial charge in [0, 0.05) is 5.02 Å². The molecule has 0 spiro atoms. The summed E-state index contributed by atoms with van der Waals surface area (Å²) in [6.45, 7) is 0.109. The van der Waals surface area contributed by atoms with Gasteiger partial charge in [-0.1, -0.05) is 41.9 Å². The summed E-state index contributed by atoms with van der Waals surface area (Å²) in [5.74, 6) is 0.182. The van der Waals surface area contributed by atoms with Gasteiger partial charge in [0.2, 0.25) is 5.91 Å². The average molecular weight is 394 g/mol. The maximum absolute atomic E-state index is 12.3. The normalized spacial score (nSPS) is 10.9. The lowest BCUT2D eigenvalue weighted by atomic mass is 10.1. The molecule has 2 aromatic heterocycles. The summed E-state index contributed by atoms with van der Waals surface area (Å²) in [4.78, 5) is 31.7. The van der Waals surface area contributed by atoms with Gasteiger partial charge in [-0.05, 0) is 29.8 Å². The van der Waals surface area contributed by atoms with Crippen molar-refractivity contribution in [1.82, 2.24) is 25.1 Å². The van der Waals surface area contributed by atoms with Crippen molar-refractivity contribution in [2.45, 2.75) is 13.0 Å². The Kier molecular flexibility index (Phi) is 4.90. The van der Waals surface area contributed by atoms with Crippen molar-refractivity contribution in [2.24, 2.45) is 0 Å². The third-order valence-corrected chi connectivity index (χ3v) is 4.47. The first kappa shape index (κ1) is 17.9. The summed E-state index contributed by atoms with van der Waals surface area (Å²) < 4.78 is 1.60. The van der Waals surface area contributed by atoms with Crippen molar-refractivity contribution in [1.29, 1.82) is 0 Å². The number of aromatic amines is 1. The van der Waals surface area contributed by atoms with Crippen LogP contribution in [0.2, 0.25) is 5.02 Å². The van der Waals surface area contributed by atoms with E-state index in [9.17, 15) is 9.59 Å². The Morgan fingerprint density at radius 2 is 1.86 bits per heavy atom. The molecule has 0 unspecified atom stereocenters. The molecule has 2 N–H and O–H groups in total. The average Bonchev–Trinajstić information content (AvgIpc) is 3.13. The van der Waals surface area contributed by atoms with Gasteiger partial charge in [-0.15, -0.1) is 0 Å². The van der Waals surface area contributed by atoms with Crippen molar-refractivity contribution in [2.75, 3.05) is 0 Å². The molecular formula is C20H16ClN5O2. The van der Waals surface area contributed by atoms with E-state index in [0.29, 0.717) is 21.9 Å². The highest BCUT2D eigenvalue weighted by atomic mass is 35.5. The zero-order chi connectivity index (χ0) is 19.5. The number of H-pyrrole nitrogens is 1. The summed E-state index contributed by atoms with van der Waals surface area (Å²) in [5, 5.41) is 8.04. The third kappa shape index (κ3) is 3.79. The first-order valence-electron chi connectivity index (χ1n) is 8.63. The number of para-hydroxylation sites is 1. The number of benzene rings is 2. The zero-order valence-electron chi connectivity index (χ0n) is 14.7. The molecule has 0 bridgehead atoms. The SMILES string of the molecule is O=C(Cc1ccc(Cl)cc1)NCc1nc2c(cnn2-c2ccccc2)c(=O)[nH]1. The molecule has 8 heteroatoms. The largest absolute Gasteiger partial charge is 0.349 e. The first-order valence-corrected chi connectivity index (χ1v) is 9.01. The second-order valence-electron chi connectivity index (χ2n) is 6.22. The molecule has 2 aromatic carbocycles. The second kappa shape index (κ2) is 7.66. The fourth-order valence-electron chi connectivity index (χ4n) is 2.84. The van der Waals surface area contributed by atoms with Crippen LogP contribution in [0.5, 0.6) is 0 Å². The molecule has 1 amide bonds. The van der Waals surface area contributed by atoms with Crippen molar-refractivity contribution in [3.63, 3.8) is 0 Å². The Hall–Kier alpha value is -3.45. The molecule has 0 saturated carbocycles. The molecule has 7 nitrogen and oxygen atoms in total. The van der Waals surface area contributed by atoms with Crippen LogP contribution in [-0.2, 0) is 17.8 Å². The van der Waals surface area contributed by atoms with Crippen LogP contribution in [0.3, 0.4) is 0 Å². The monoisotopic (exact) mass is 393 g/mol.